The number of hydrogen-bond acceptors (Lipinski definition) is 4. The van der Waals surface area contributed by atoms with Gasteiger partial charge in [0.1, 0.15) is 0 Å². The fourth-order valence-corrected chi connectivity index (χ4v) is 0.760. The summed E-state index contributed by atoms with van der Waals surface area (Å²) in [7, 11) is 0. The maximum absolute atomic E-state index is 8.48. The molecule has 0 bridgehead atoms. The van der Waals surface area contributed by atoms with E-state index in [0.717, 1.165) is 6.71 Å². The van der Waals surface area contributed by atoms with Crippen molar-refractivity contribution in [1.29, 1.82) is 0 Å². The fraction of sp³-hybridized carbons (Fsp3) is 0.750. The third-order valence-electron chi connectivity index (χ3n) is 1.41. The van der Waals surface area contributed by atoms with Crippen LogP contribution in [0.2, 0.25) is 0 Å². The van der Waals surface area contributed by atoms with Crippen molar-refractivity contribution in [3.63, 3.8) is 0 Å². The van der Waals surface area contributed by atoms with Crippen LogP contribution in [0.25, 0.3) is 0 Å². The van der Waals surface area contributed by atoms with Crippen LogP contribution in [-0.2, 0) is 0 Å². The summed E-state index contributed by atoms with van der Waals surface area (Å²) in [4.78, 5) is 1.79. The molecule has 0 spiro atoms. The topological polar surface area (TPSA) is 63.9 Å². The van der Waals surface area contributed by atoms with Crippen molar-refractivity contribution in [1.82, 2.24) is 4.90 Å². The van der Waals surface area contributed by atoms with E-state index >= 15 is 0 Å². The number of halogens is 3. The Morgan fingerprint density at radius 1 is 0.875 bits per heavy atom. The normalized spacial score (nSPS) is 9.75. The van der Waals surface area contributed by atoms with E-state index < -0.39 is 0 Å². The van der Waals surface area contributed by atoms with Crippen molar-refractivity contribution in [2.45, 2.75) is 0 Å². The monoisotopic (exact) mass is 484 g/mol. The molecule has 16 heavy (non-hydrogen) atoms. The van der Waals surface area contributed by atoms with Crippen LogP contribution in [0.4, 0.5) is 0 Å². The van der Waals surface area contributed by atoms with Gasteiger partial charge < -0.3 is 15.3 Å². The van der Waals surface area contributed by atoms with Gasteiger partial charge in [-0.05, 0) is 0 Å². The summed E-state index contributed by atoms with van der Waals surface area (Å²) < 4.78 is 2.04. The average molecular weight is 486 g/mol. The molecule has 0 aromatic heterocycles. The fourth-order valence-electron chi connectivity index (χ4n) is 0.760. The summed E-state index contributed by atoms with van der Waals surface area (Å²) in [5, 5.41) is 25.5. The molecule has 0 unspecified atom stereocenters. The zero-order valence-electron chi connectivity index (χ0n) is 8.67. The second kappa shape index (κ2) is 14.6. The molecule has 0 aromatic carbocycles. The molecule has 0 aliphatic heterocycles. The van der Waals surface area contributed by atoms with E-state index in [0.29, 0.717) is 19.6 Å². The van der Waals surface area contributed by atoms with Crippen LogP contribution in [0.1, 0.15) is 0 Å². The van der Waals surface area contributed by atoms with Gasteiger partial charge in [-0.25, -0.2) is 0 Å². The van der Waals surface area contributed by atoms with Crippen LogP contribution in [0, 0.1) is 0 Å². The number of rotatable bonds is 6. The summed E-state index contributed by atoms with van der Waals surface area (Å²) in [5.74, 6) is 0. The van der Waals surface area contributed by atoms with Crippen LogP contribution >= 0.6 is 47.8 Å². The third-order valence-corrected chi connectivity index (χ3v) is 5.73. The van der Waals surface area contributed by atoms with Crippen molar-refractivity contribution in [3.05, 3.63) is 6.71 Å². The predicted octanol–water partition coefficient (Wildman–Crippen LogP) is 0.731. The standard InChI is InChI=1S/C6H15NO3.C2Br3Ge/c8-4-1-7(2-5-9)3-6-10;3-1(4)2(5)6/h8-10H,1-6H2;. The Kier molecular flexibility index (Phi) is 18.2. The van der Waals surface area contributed by atoms with Gasteiger partial charge in [-0.15, -0.1) is 0 Å². The van der Waals surface area contributed by atoms with Crippen LogP contribution in [0.15, 0.2) is 6.71 Å². The van der Waals surface area contributed by atoms with Crippen molar-refractivity contribution < 1.29 is 15.3 Å². The summed E-state index contributed by atoms with van der Waals surface area (Å²) in [6.45, 7) is 1.75. The molecule has 0 atom stereocenters. The molecule has 4 nitrogen and oxygen atoms in total. The molecule has 95 valence electrons. The van der Waals surface area contributed by atoms with Crippen molar-refractivity contribution in [3.8, 4) is 0 Å². The quantitative estimate of drug-likeness (QED) is 0.486. The van der Waals surface area contributed by atoms with Crippen LogP contribution in [0.3, 0.4) is 0 Å². The van der Waals surface area contributed by atoms with Gasteiger partial charge in [-0.3, -0.25) is 4.90 Å². The summed E-state index contributed by atoms with van der Waals surface area (Å²) in [6.07, 6.45) is 0. The second-order valence-corrected chi connectivity index (χ2v) is 8.61. The van der Waals surface area contributed by atoms with Crippen LogP contribution in [0.5, 0.6) is 0 Å². The molecular formula is C8H15Br3GeNO3. The zero-order chi connectivity index (χ0) is 13.0. The van der Waals surface area contributed by atoms with Gasteiger partial charge in [0.15, 0.2) is 0 Å². The molecule has 0 saturated heterocycles. The Hall–Kier alpha value is 1.56. The molecule has 0 rings (SSSR count). The maximum atomic E-state index is 8.48. The van der Waals surface area contributed by atoms with E-state index in [1.165, 1.54) is 0 Å². The van der Waals surface area contributed by atoms with E-state index in [2.05, 4.69) is 47.8 Å². The first kappa shape index (κ1) is 19.9. The van der Waals surface area contributed by atoms with Gasteiger partial charge in [-0.1, -0.05) is 0 Å². The first-order valence-electron chi connectivity index (χ1n) is 4.46. The summed E-state index contributed by atoms with van der Waals surface area (Å²) in [6, 6.07) is 0. The van der Waals surface area contributed by atoms with Crippen LogP contribution in [-0.4, -0.2) is 76.2 Å². The van der Waals surface area contributed by atoms with Gasteiger partial charge in [0.05, 0.1) is 19.8 Å². The Morgan fingerprint density at radius 2 is 1.12 bits per heavy atom. The summed E-state index contributed by atoms with van der Waals surface area (Å²) in [5.41, 5.74) is 0. The first-order chi connectivity index (χ1) is 7.49. The number of nitrogens with zero attached hydrogens (tertiary/aromatic N) is 1. The first-order valence-corrected chi connectivity index (χ1v) is 7.89. The van der Waals surface area contributed by atoms with Crippen molar-refractivity contribution >= 4 is 64.3 Å². The molecule has 3 N–H and O–H groups in total. The minimum atomic E-state index is 0.0694. The molecule has 3 radical (unpaired) electrons. The Balaban J connectivity index is 0. The minimum absolute atomic E-state index is 0.0694. The SMILES string of the molecule is OCCN(CCO)CCO.[Ge][C](Br)=C(Br)Br. The molecule has 8 heteroatoms. The molecule has 0 aliphatic rings. The number of hydrogen-bond donors (Lipinski definition) is 3. The van der Waals surface area contributed by atoms with E-state index in [4.69, 9.17) is 15.3 Å². The molecule has 0 saturated carbocycles. The molecule has 0 heterocycles. The van der Waals surface area contributed by atoms with E-state index in [9.17, 15) is 0 Å². The van der Waals surface area contributed by atoms with Gasteiger partial charge in [0.2, 0.25) is 0 Å². The number of aliphatic hydroxyl groups is 3. The Morgan fingerprint density at radius 3 is 1.25 bits per heavy atom. The molecule has 0 aromatic rings. The average Bonchev–Trinajstić information content (AvgIpc) is 2.19. The molecular weight excluding hydrogens is 470 g/mol. The van der Waals surface area contributed by atoms with Gasteiger partial charge in [-0.2, -0.15) is 0 Å². The third kappa shape index (κ3) is 15.6. The molecule has 0 aliphatic carbocycles. The zero-order valence-corrected chi connectivity index (χ0v) is 15.5. The number of aliphatic hydroxyl groups excluding tert-OH is 3. The van der Waals surface area contributed by atoms with Crippen molar-refractivity contribution in [2.24, 2.45) is 0 Å². The summed E-state index contributed by atoms with van der Waals surface area (Å²) >= 11 is 11.5. The van der Waals surface area contributed by atoms with E-state index in [1.54, 1.807) is 4.90 Å². The van der Waals surface area contributed by atoms with E-state index in [-0.39, 0.29) is 19.8 Å². The Labute approximate surface area is 130 Å². The van der Waals surface area contributed by atoms with Gasteiger partial charge in [0.25, 0.3) is 0 Å². The van der Waals surface area contributed by atoms with Gasteiger partial charge in [0, 0.05) is 19.6 Å². The van der Waals surface area contributed by atoms with E-state index in [1.807, 2.05) is 16.5 Å². The van der Waals surface area contributed by atoms with Crippen molar-refractivity contribution in [2.75, 3.05) is 39.5 Å². The predicted molar refractivity (Wildman–Crippen MR) is 77.3 cm³/mol. The van der Waals surface area contributed by atoms with Crippen LogP contribution < -0.4 is 0 Å². The second-order valence-electron chi connectivity index (χ2n) is 2.59. The molecule has 0 fully saturated rings. The molecule has 0 amide bonds. The van der Waals surface area contributed by atoms with Gasteiger partial charge >= 0.3 is 71.0 Å². The Bertz CT molecular complexity index is 163.